The van der Waals surface area contributed by atoms with Gasteiger partial charge in [-0.2, -0.15) is 0 Å². The number of benzene rings is 3. The number of carbonyl (C=O) groups is 1. The largest absolute Gasteiger partial charge is 0.490 e. The maximum atomic E-state index is 13.2. The molecule has 4 N–H and O–H groups in total. The van der Waals surface area contributed by atoms with Gasteiger partial charge in [-0.1, -0.05) is 24.3 Å². The molecule has 1 aliphatic heterocycles. The molecule has 6 nitrogen and oxygen atoms in total. The van der Waals surface area contributed by atoms with Crippen molar-refractivity contribution in [2.45, 2.75) is 38.3 Å². The number of nitrogens with zero attached hydrogens (tertiary/aromatic N) is 1. The van der Waals surface area contributed by atoms with Crippen LogP contribution in [0.25, 0.3) is 10.8 Å². The minimum Gasteiger partial charge on any atom is -0.490 e. The number of anilines is 1. The number of nitrogens with one attached hydrogen (secondary N) is 2. The predicted octanol–water partition coefficient (Wildman–Crippen LogP) is 5.04. The molecule has 186 valence electrons. The van der Waals surface area contributed by atoms with Crippen molar-refractivity contribution in [2.75, 3.05) is 18.0 Å². The van der Waals surface area contributed by atoms with Crippen LogP contribution in [0.3, 0.4) is 0 Å². The maximum Gasteiger partial charge on any atom is 0.230 e. The normalized spacial score (nSPS) is 15.5. The monoisotopic (exact) mass is 514 g/mol. The number of rotatable bonds is 7. The van der Waals surface area contributed by atoms with Crippen molar-refractivity contribution in [1.29, 1.82) is 5.41 Å². The molecule has 0 unspecified atom stereocenters. The average Bonchev–Trinajstić information content (AvgIpc) is 3.68. The highest BCUT2D eigenvalue weighted by Gasteiger charge is 2.34. The number of amidine groups is 1. The summed E-state index contributed by atoms with van der Waals surface area (Å²) >= 11 is 0. The van der Waals surface area contributed by atoms with E-state index in [4.69, 9.17) is 15.9 Å². The second-order valence-corrected chi connectivity index (χ2v) is 9.07. The third kappa shape index (κ3) is 6.45. The van der Waals surface area contributed by atoms with Crippen molar-refractivity contribution in [2.24, 2.45) is 11.7 Å². The van der Waals surface area contributed by atoms with Crippen LogP contribution >= 0.6 is 24.8 Å². The topological polar surface area (TPSA) is 91.4 Å². The van der Waals surface area contributed by atoms with Crippen molar-refractivity contribution >= 4 is 53.0 Å². The first kappa shape index (κ1) is 26.8. The summed E-state index contributed by atoms with van der Waals surface area (Å²) in [6, 6.07) is 19.9. The fraction of sp³-hybridized carbons (Fsp3) is 0.333. The summed E-state index contributed by atoms with van der Waals surface area (Å²) < 4.78 is 6.14. The fourth-order valence-corrected chi connectivity index (χ4v) is 4.40. The van der Waals surface area contributed by atoms with Crippen LogP contribution in [0, 0.1) is 11.3 Å². The minimum atomic E-state index is 0. The molecule has 1 amide bonds. The Morgan fingerprint density at radius 3 is 2.29 bits per heavy atom. The number of amides is 1. The molecule has 1 aliphatic carbocycles. The van der Waals surface area contributed by atoms with E-state index in [-0.39, 0.29) is 48.6 Å². The maximum absolute atomic E-state index is 13.2. The smallest absolute Gasteiger partial charge is 0.230 e. The zero-order valence-electron chi connectivity index (χ0n) is 19.5. The van der Waals surface area contributed by atoms with Gasteiger partial charge in [0.25, 0.3) is 0 Å². The quantitative estimate of drug-likeness (QED) is 0.304. The lowest BCUT2D eigenvalue weighted by Crippen LogP contribution is -2.34. The summed E-state index contributed by atoms with van der Waals surface area (Å²) in [4.78, 5) is 15.1. The van der Waals surface area contributed by atoms with E-state index in [0.717, 1.165) is 66.5 Å². The van der Waals surface area contributed by atoms with Gasteiger partial charge in [-0.25, -0.2) is 0 Å². The van der Waals surface area contributed by atoms with E-state index < -0.39 is 0 Å². The highest BCUT2D eigenvalue weighted by atomic mass is 35.5. The molecule has 1 saturated carbocycles. The van der Waals surface area contributed by atoms with E-state index in [0.29, 0.717) is 12.1 Å². The molecule has 0 spiro atoms. The number of carbonyl (C=O) groups excluding carboxylic acids is 1. The van der Waals surface area contributed by atoms with Gasteiger partial charge >= 0.3 is 0 Å². The fourth-order valence-electron chi connectivity index (χ4n) is 4.40. The lowest BCUT2D eigenvalue weighted by molar-refractivity contribution is -0.119. The highest BCUT2D eigenvalue weighted by Crippen LogP contribution is 2.34. The number of hydrogen-bond donors (Lipinski definition) is 3. The van der Waals surface area contributed by atoms with Crippen molar-refractivity contribution in [3.63, 3.8) is 0 Å². The van der Waals surface area contributed by atoms with Gasteiger partial charge in [0.15, 0.2) is 0 Å². The van der Waals surface area contributed by atoms with Gasteiger partial charge in [-0.15, -0.1) is 24.8 Å². The third-order valence-electron chi connectivity index (χ3n) is 6.49. The van der Waals surface area contributed by atoms with Crippen molar-refractivity contribution < 1.29 is 9.53 Å². The van der Waals surface area contributed by atoms with Crippen LogP contribution < -0.4 is 20.7 Å². The van der Waals surface area contributed by atoms with Gasteiger partial charge in [-0.3, -0.25) is 10.2 Å². The molecule has 3 aromatic carbocycles. The Labute approximate surface area is 218 Å². The summed E-state index contributed by atoms with van der Waals surface area (Å²) in [7, 11) is 0. The van der Waals surface area contributed by atoms with Crippen molar-refractivity contribution in [3.05, 3.63) is 71.8 Å². The Kier molecular flexibility index (Phi) is 9.00. The van der Waals surface area contributed by atoms with Crippen LogP contribution in [0.1, 0.15) is 36.8 Å². The molecule has 0 radical (unpaired) electrons. The van der Waals surface area contributed by atoms with Crippen molar-refractivity contribution in [3.8, 4) is 5.75 Å². The van der Waals surface area contributed by atoms with Crippen LogP contribution in [-0.4, -0.2) is 30.9 Å². The van der Waals surface area contributed by atoms with Crippen LogP contribution in [0.5, 0.6) is 5.75 Å². The van der Waals surface area contributed by atoms with Crippen LogP contribution in [-0.2, 0) is 11.3 Å². The molecular formula is C27H32Cl2N4O2. The van der Waals surface area contributed by atoms with E-state index >= 15 is 0 Å². The Morgan fingerprint density at radius 1 is 0.943 bits per heavy atom. The molecular weight excluding hydrogens is 483 g/mol. The lowest BCUT2D eigenvalue weighted by atomic mass is 10.0. The molecule has 1 heterocycles. The standard InChI is InChI=1S/C27H30N4O2.2ClH/c28-26(29)21-6-3-19-2-1-18(15-22(19)16-21)17-31(27(32)20-4-5-20)23-7-9-24(10-8-23)33-25-11-13-30-14-12-25;;/h1-3,6-10,15-16,20,25,30H,4-5,11-14,17H2,(H3,28,29);2*1H. The van der Waals surface area contributed by atoms with Crippen molar-refractivity contribution in [1.82, 2.24) is 5.32 Å². The predicted molar refractivity (Wildman–Crippen MR) is 146 cm³/mol. The molecule has 3 aromatic rings. The number of halogens is 2. The number of nitrogens with two attached hydrogens (primary N) is 1. The van der Waals surface area contributed by atoms with E-state index in [9.17, 15) is 4.79 Å². The molecule has 5 rings (SSSR count). The first-order valence-electron chi connectivity index (χ1n) is 11.7. The summed E-state index contributed by atoms with van der Waals surface area (Å²) in [5.74, 6) is 1.21. The Bertz CT molecular complexity index is 1180. The van der Waals surface area contributed by atoms with Crippen LogP contribution in [0.4, 0.5) is 5.69 Å². The Morgan fingerprint density at radius 2 is 1.63 bits per heavy atom. The molecule has 2 aliphatic rings. The number of nitrogen functional groups attached to an aromatic ring is 1. The Hall–Kier alpha value is -2.80. The minimum absolute atomic E-state index is 0. The van der Waals surface area contributed by atoms with E-state index in [2.05, 4.69) is 23.5 Å². The first-order chi connectivity index (χ1) is 16.1. The SMILES string of the molecule is Cl.Cl.N=C(N)c1ccc2ccc(CN(C(=O)C3CC3)c3ccc(OC4CCNCC4)cc3)cc2c1. The van der Waals surface area contributed by atoms with Gasteiger partial charge in [0.2, 0.25) is 5.91 Å². The second-order valence-electron chi connectivity index (χ2n) is 9.07. The van der Waals surface area contributed by atoms with E-state index in [1.807, 2.05) is 47.4 Å². The first-order valence-corrected chi connectivity index (χ1v) is 11.7. The molecule has 8 heteroatoms. The average molecular weight is 515 g/mol. The van der Waals surface area contributed by atoms with E-state index in [1.54, 1.807) is 0 Å². The number of fused-ring (bicyclic) bond motifs is 1. The molecule has 35 heavy (non-hydrogen) atoms. The molecule has 0 bridgehead atoms. The summed E-state index contributed by atoms with van der Waals surface area (Å²) in [6.45, 7) is 2.49. The second kappa shape index (κ2) is 11.8. The zero-order chi connectivity index (χ0) is 22.8. The number of hydrogen-bond acceptors (Lipinski definition) is 4. The number of ether oxygens (including phenoxy) is 1. The van der Waals surface area contributed by atoms with E-state index in [1.165, 1.54) is 0 Å². The molecule has 0 aromatic heterocycles. The summed E-state index contributed by atoms with van der Waals surface area (Å²) in [6.07, 6.45) is 4.21. The highest BCUT2D eigenvalue weighted by molar-refractivity contribution is 5.99. The van der Waals surface area contributed by atoms with Crippen LogP contribution in [0.15, 0.2) is 60.7 Å². The van der Waals surface area contributed by atoms with Gasteiger partial charge in [0.05, 0.1) is 6.54 Å². The molecule has 1 saturated heterocycles. The van der Waals surface area contributed by atoms with Gasteiger partial charge in [0, 0.05) is 17.2 Å². The van der Waals surface area contributed by atoms with Crippen LogP contribution in [0.2, 0.25) is 0 Å². The van der Waals surface area contributed by atoms with Gasteiger partial charge in [-0.05, 0) is 91.5 Å². The Balaban J connectivity index is 0.00000171. The third-order valence-corrected chi connectivity index (χ3v) is 6.49. The zero-order valence-corrected chi connectivity index (χ0v) is 21.2. The van der Waals surface area contributed by atoms with Gasteiger partial charge < -0.3 is 20.7 Å². The molecule has 0 atom stereocenters. The van der Waals surface area contributed by atoms with Gasteiger partial charge in [0.1, 0.15) is 17.7 Å². The summed E-state index contributed by atoms with van der Waals surface area (Å²) in [5.41, 5.74) is 8.31. The summed E-state index contributed by atoms with van der Waals surface area (Å²) in [5, 5.41) is 13.2. The lowest BCUT2D eigenvalue weighted by Gasteiger charge is -2.25. The molecule has 2 fully saturated rings. The number of piperidine rings is 1.